The lowest BCUT2D eigenvalue weighted by Crippen LogP contribution is -1.81. The fourth-order valence-corrected chi connectivity index (χ4v) is 3.17. The second kappa shape index (κ2) is 3.97. The van der Waals surface area contributed by atoms with Gasteiger partial charge < -0.3 is 0 Å². The van der Waals surface area contributed by atoms with Crippen LogP contribution >= 0.6 is 27.3 Å². The van der Waals surface area contributed by atoms with Crippen LogP contribution in [0.4, 0.5) is 0 Å². The van der Waals surface area contributed by atoms with Gasteiger partial charge in [-0.05, 0) is 31.9 Å². The quantitative estimate of drug-likeness (QED) is 0.778. The summed E-state index contributed by atoms with van der Waals surface area (Å²) in [6, 6.07) is 8.40. The summed E-state index contributed by atoms with van der Waals surface area (Å²) in [5, 5.41) is 1.33. The number of hydrogen-bond donors (Lipinski definition) is 0. The first-order valence-electron chi connectivity index (χ1n) is 5.47. The Labute approximate surface area is 108 Å². The lowest BCUT2D eigenvalue weighted by atomic mass is 10.1. The second-order valence-corrected chi connectivity index (χ2v) is 6.39. The topological polar surface area (TPSA) is 12.9 Å². The fourth-order valence-electron chi connectivity index (χ4n) is 1.80. The molecule has 0 spiro atoms. The molecular weight excluding hydrogens is 282 g/mol. The van der Waals surface area contributed by atoms with Crippen molar-refractivity contribution in [2.24, 2.45) is 0 Å². The predicted molar refractivity (Wildman–Crippen MR) is 72.0 cm³/mol. The summed E-state index contributed by atoms with van der Waals surface area (Å²) in [6.45, 7) is 2.17. The average molecular weight is 294 g/mol. The van der Waals surface area contributed by atoms with E-state index in [-0.39, 0.29) is 0 Å². The van der Waals surface area contributed by atoms with Gasteiger partial charge in [0, 0.05) is 20.8 Å². The average Bonchev–Trinajstić information content (AvgIpc) is 3.04. The first-order valence-corrected chi connectivity index (χ1v) is 7.08. The number of nitrogens with zero attached hydrogens (tertiary/aromatic N) is 1. The summed E-state index contributed by atoms with van der Waals surface area (Å²) < 4.78 is 1.12. The number of hydrogen-bond acceptors (Lipinski definition) is 2. The largest absolute Gasteiger partial charge is 0.241 e. The Bertz CT molecular complexity index is 511. The lowest BCUT2D eigenvalue weighted by molar-refractivity contribution is 1.08. The standard InChI is InChI=1S/C13H12BrNS/c1-8-12(9-4-6-11(14)7-5-9)15-13(16-8)10-2-3-10/h4-7,10H,2-3H2,1H3. The highest BCUT2D eigenvalue weighted by Crippen LogP contribution is 2.43. The minimum atomic E-state index is 0.757. The van der Waals surface area contributed by atoms with Gasteiger partial charge >= 0.3 is 0 Å². The van der Waals surface area contributed by atoms with Crippen LogP contribution in [0.3, 0.4) is 0 Å². The van der Waals surface area contributed by atoms with Crippen molar-refractivity contribution in [1.29, 1.82) is 0 Å². The van der Waals surface area contributed by atoms with Gasteiger partial charge in [-0.15, -0.1) is 11.3 Å². The molecule has 1 aliphatic carbocycles. The van der Waals surface area contributed by atoms with Crippen LogP contribution in [0.15, 0.2) is 28.7 Å². The molecule has 1 aromatic heterocycles. The molecule has 0 amide bonds. The molecule has 0 saturated heterocycles. The molecule has 0 N–H and O–H groups in total. The zero-order chi connectivity index (χ0) is 11.1. The van der Waals surface area contributed by atoms with Crippen molar-refractivity contribution in [3.63, 3.8) is 0 Å². The second-order valence-electron chi connectivity index (χ2n) is 4.24. The number of halogens is 1. The van der Waals surface area contributed by atoms with Gasteiger partial charge in [0.05, 0.1) is 10.7 Å². The lowest BCUT2D eigenvalue weighted by Gasteiger charge is -1.98. The van der Waals surface area contributed by atoms with Crippen LogP contribution < -0.4 is 0 Å². The Balaban J connectivity index is 2.01. The zero-order valence-electron chi connectivity index (χ0n) is 9.03. The van der Waals surface area contributed by atoms with E-state index in [9.17, 15) is 0 Å². The molecule has 1 aromatic carbocycles. The monoisotopic (exact) mass is 293 g/mol. The summed E-state index contributed by atoms with van der Waals surface area (Å²) >= 11 is 5.32. The molecule has 1 nitrogen and oxygen atoms in total. The number of rotatable bonds is 2. The maximum Gasteiger partial charge on any atom is 0.0966 e. The Kier molecular flexibility index (Phi) is 2.60. The molecule has 0 bridgehead atoms. The Hall–Kier alpha value is -0.670. The molecule has 0 aliphatic heterocycles. The van der Waals surface area contributed by atoms with Crippen molar-refractivity contribution < 1.29 is 0 Å². The van der Waals surface area contributed by atoms with Crippen molar-refractivity contribution in [3.8, 4) is 11.3 Å². The van der Waals surface area contributed by atoms with E-state index >= 15 is 0 Å². The van der Waals surface area contributed by atoms with Crippen LogP contribution in [0.1, 0.15) is 28.6 Å². The molecule has 16 heavy (non-hydrogen) atoms. The molecule has 0 atom stereocenters. The van der Waals surface area contributed by atoms with E-state index in [0.29, 0.717) is 0 Å². The molecule has 1 saturated carbocycles. The highest BCUT2D eigenvalue weighted by molar-refractivity contribution is 9.10. The first kappa shape index (κ1) is 10.5. The van der Waals surface area contributed by atoms with E-state index < -0.39 is 0 Å². The fraction of sp³-hybridized carbons (Fsp3) is 0.308. The predicted octanol–water partition coefficient (Wildman–Crippen LogP) is 4.76. The molecule has 2 aromatic rings. The van der Waals surface area contributed by atoms with Crippen LogP contribution in [0.5, 0.6) is 0 Å². The summed E-state index contributed by atoms with van der Waals surface area (Å²) in [7, 11) is 0. The summed E-state index contributed by atoms with van der Waals surface area (Å²) in [5.41, 5.74) is 2.39. The number of benzene rings is 1. The van der Waals surface area contributed by atoms with Gasteiger partial charge in [0.25, 0.3) is 0 Å². The van der Waals surface area contributed by atoms with Crippen LogP contribution in [-0.4, -0.2) is 4.98 Å². The summed E-state index contributed by atoms with van der Waals surface area (Å²) in [5.74, 6) is 0.757. The van der Waals surface area contributed by atoms with Gasteiger partial charge in [0.15, 0.2) is 0 Å². The van der Waals surface area contributed by atoms with Crippen LogP contribution in [0, 0.1) is 6.92 Å². The number of aryl methyl sites for hydroxylation is 1. The van der Waals surface area contributed by atoms with Gasteiger partial charge in [-0.3, -0.25) is 0 Å². The maximum absolute atomic E-state index is 4.77. The minimum Gasteiger partial charge on any atom is -0.241 e. The van der Waals surface area contributed by atoms with Crippen molar-refractivity contribution in [2.45, 2.75) is 25.7 Å². The van der Waals surface area contributed by atoms with Crippen molar-refractivity contribution >= 4 is 27.3 Å². The molecule has 1 aliphatic rings. The minimum absolute atomic E-state index is 0.757. The van der Waals surface area contributed by atoms with E-state index in [1.807, 2.05) is 11.3 Å². The van der Waals surface area contributed by atoms with Gasteiger partial charge in [-0.2, -0.15) is 0 Å². The third-order valence-corrected chi connectivity index (χ3v) is 4.52. The van der Waals surface area contributed by atoms with Gasteiger partial charge in [-0.25, -0.2) is 4.98 Å². The Morgan fingerprint density at radius 1 is 1.25 bits per heavy atom. The molecule has 0 unspecified atom stereocenters. The highest BCUT2D eigenvalue weighted by atomic mass is 79.9. The van der Waals surface area contributed by atoms with Crippen LogP contribution in [-0.2, 0) is 0 Å². The highest BCUT2D eigenvalue weighted by Gasteiger charge is 2.27. The van der Waals surface area contributed by atoms with Crippen LogP contribution in [0.25, 0.3) is 11.3 Å². The van der Waals surface area contributed by atoms with E-state index in [1.54, 1.807) is 0 Å². The molecule has 3 rings (SSSR count). The van der Waals surface area contributed by atoms with E-state index in [1.165, 1.54) is 34.0 Å². The molecule has 82 valence electrons. The number of thiazole rings is 1. The molecule has 1 fully saturated rings. The molecule has 1 heterocycles. The molecule has 3 heteroatoms. The summed E-state index contributed by atoms with van der Waals surface area (Å²) in [6.07, 6.45) is 2.65. The van der Waals surface area contributed by atoms with Gasteiger partial charge in [0.1, 0.15) is 0 Å². The SMILES string of the molecule is Cc1sc(C2CC2)nc1-c1ccc(Br)cc1. The van der Waals surface area contributed by atoms with Crippen molar-refractivity contribution in [2.75, 3.05) is 0 Å². The Morgan fingerprint density at radius 3 is 2.56 bits per heavy atom. The van der Waals surface area contributed by atoms with E-state index in [4.69, 9.17) is 4.98 Å². The smallest absolute Gasteiger partial charge is 0.0966 e. The molecule has 0 radical (unpaired) electrons. The van der Waals surface area contributed by atoms with Gasteiger partial charge in [-0.1, -0.05) is 28.1 Å². The zero-order valence-corrected chi connectivity index (χ0v) is 11.4. The number of aromatic nitrogens is 1. The first-order chi connectivity index (χ1) is 7.74. The normalized spacial score (nSPS) is 15.4. The van der Waals surface area contributed by atoms with E-state index in [2.05, 4.69) is 47.1 Å². The van der Waals surface area contributed by atoms with Gasteiger partial charge in [0.2, 0.25) is 0 Å². The summed E-state index contributed by atoms with van der Waals surface area (Å²) in [4.78, 5) is 6.11. The third-order valence-electron chi connectivity index (χ3n) is 2.86. The van der Waals surface area contributed by atoms with Crippen molar-refractivity contribution in [1.82, 2.24) is 4.98 Å². The van der Waals surface area contributed by atoms with E-state index in [0.717, 1.165) is 10.4 Å². The molecular formula is C13H12BrNS. The van der Waals surface area contributed by atoms with Crippen molar-refractivity contribution in [3.05, 3.63) is 38.6 Å². The third kappa shape index (κ3) is 1.94. The Morgan fingerprint density at radius 2 is 1.94 bits per heavy atom. The van der Waals surface area contributed by atoms with Crippen LogP contribution in [0.2, 0.25) is 0 Å². The maximum atomic E-state index is 4.77.